The molecule has 0 aromatic carbocycles. The van der Waals surface area contributed by atoms with E-state index >= 15 is 0 Å². The molecular weight excluding hydrogens is 665 g/mol. The maximum absolute atomic E-state index is 3.80. The zero-order valence-corrected chi connectivity index (χ0v) is 38.9. The van der Waals surface area contributed by atoms with Gasteiger partial charge in [0, 0.05) is 0 Å². The first-order valence-electron chi connectivity index (χ1n) is 26.3. The van der Waals surface area contributed by atoms with Crippen molar-refractivity contribution in [2.75, 3.05) is 0 Å². The van der Waals surface area contributed by atoms with Crippen LogP contribution in [0.15, 0.2) is 12.4 Å². The summed E-state index contributed by atoms with van der Waals surface area (Å²) in [4.78, 5) is 3.80. The molecule has 0 radical (unpaired) electrons. The lowest BCUT2D eigenvalue weighted by Crippen LogP contribution is -2.41. The minimum atomic E-state index is 0.615. The van der Waals surface area contributed by atoms with Gasteiger partial charge in [0.1, 0.15) is 12.4 Å². The largest absolute Gasteiger partial charge is 0.257 e. The number of imidazole rings is 1. The van der Waals surface area contributed by atoms with Gasteiger partial charge in [0.05, 0.1) is 12.0 Å². The Labute approximate surface area is 348 Å². The van der Waals surface area contributed by atoms with Gasteiger partial charge < -0.3 is 0 Å². The first-order valence-corrected chi connectivity index (χ1v) is 26.3. The van der Waals surface area contributed by atoms with Crippen molar-refractivity contribution < 1.29 is 4.57 Å². The summed E-state index contributed by atoms with van der Waals surface area (Å²) in [6.07, 6.45) is 68.1. The highest BCUT2D eigenvalue weighted by atomic mass is 15.1. The summed E-state index contributed by atoms with van der Waals surface area (Å²) in [5, 5.41) is 0. The fourth-order valence-corrected chi connectivity index (χ4v) is 9.26. The molecule has 2 heteroatoms. The quantitative estimate of drug-likeness (QED) is 0.0503. The van der Waals surface area contributed by atoms with E-state index in [0.717, 1.165) is 0 Å². The highest BCUT2D eigenvalue weighted by Gasteiger charge is 2.25. The third-order valence-corrected chi connectivity index (χ3v) is 13.1. The van der Waals surface area contributed by atoms with Gasteiger partial charge in [0.15, 0.2) is 0 Å². The molecule has 0 aliphatic rings. The van der Waals surface area contributed by atoms with Crippen molar-refractivity contribution in [3.63, 3.8) is 0 Å². The molecule has 0 aliphatic heterocycles. The number of aromatic amines is 1. The third kappa shape index (κ3) is 33.8. The highest BCUT2D eigenvalue weighted by molar-refractivity contribution is 4.90. The molecule has 0 spiro atoms. The molecule has 0 saturated carbocycles. The molecule has 1 aromatic heterocycles. The summed E-state index contributed by atoms with van der Waals surface area (Å²) >= 11 is 0. The van der Waals surface area contributed by atoms with Crippen LogP contribution in [0.5, 0.6) is 0 Å². The number of nitrogens with zero attached hydrogens (tertiary/aromatic N) is 1. The van der Waals surface area contributed by atoms with Gasteiger partial charge in [0.25, 0.3) is 5.82 Å². The Balaban J connectivity index is 2.34. The Morgan fingerprint density at radius 1 is 0.345 bits per heavy atom. The van der Waals surface area contributed by atoms with Crippen LogP contribution in [-0.2, 0) is 0 Å². The predicted molar refractivity (Wildman–Crippen MR) is 249 cm³/mol. The first kappa shape index (κ1) is 52.2. The molecule has 1 rings (SSSR count). The van der Waals surface area contributed by atoms with Crippen LogP contribution in [0.2, 0.25) is 0 Å². The van der Waals surface area contributed by atoms with Crippen molar-refractivity contribution in [3.05, 3.63) is 18.2 Å². The normalized spacial score (nSPS) is 12.9. The van der Waals surface area contributed by atoms with Crippen molar-refractivity contribution in [1.82, 2.24) is 4.98 Å². The Morgan fingerprint density at radius 2 is 0.582 bits per heavy atom. The standard InChI is InChI=1S/C53H104N2/c1-5-8-11-14-17-20-23-25-26-27-28-30-33-36-39-42-45-48-52(47-44-41-38-35-32-29-24-21-18-15-12-9-6-2)53-54-49-50-55(53)51(4)46-43-40-37-34-31-22-19-16-13-10-7-3/h49-52H,5-48H2,1-4H3/p+1. The second-order valence-corrected chi connectivity index (χ2v) is 18.6. The van der Waals surface area contributed by atoms with Gasteiger partial charge in [-0.25, -0.2) is 9.55 Å². The van der Waals surface area contributed by atoms with E-state index in [9.17, 15) is 0 Å². The van der Waals surface area contributed by atoms with E-state index in [-0.39, 0.29) is 0 Å². The van der Waals surface area contributed by atoms with Crippen LogP contribution in [0, 0.1) is 0 Å². The van der Waals surface area contributed by atoms with E-state index in [1.54, 1.807) is 5.82 Å². The summed E-state index contributed by atoms with van der Waals surface area (Å²) in [6.45, 7) is 9.45. The second kappa shape index (κ2) is 42.8. The number of H-pyrrole nitrogens is 1. The summed E-state index contributed by atoms with van der Waals surface area (Å²) in [5.41, 5.74) is 0. The smallest absolute Gasteiger partial charge is 0.247 e. The predicted octanol–water partition coefficient (Wildman–Crippen LogP) is 19.2. The van der Waals surface area contributed by atoms with E-state index in [1.165, 1.54) is 283 Å². The van der Waals surface area contributed by atoms with E-state index in [0.29, 0.717) is 12.0 Å². The second-order valence-electron chi connectivity index (χ2n) is 18.6. The Kier molecular flexibility index (Phi) is 40.6. The fourth-order valence-electron chi connectivity index (χ4n) is 9.26. The molecule has 1 aromatic rings. The molecule has 55 heavy (non-hydrogen) atoms. The van der Waals surface area contributed by atoms with E-state index in [2.05, 4.69) is 49.6 Å². The maximum Gasteiger partial charge on any atom is 0.257 e. The summed E-state index contributed by atoms with van der Waals surface area (Å²) in [5.74, 6) is 2.25. The van der Waals surface area contributed by atoms with Crippen LogP contribution in [-0.4, -0.2) is 4.98 Å². The molecule has 0 fully saturated rings. The van der Waals surface area contributed by atoms with Crippen molar-refractivity contribution in [2.45, 2.75) is 322 Å². The molecular formula is C53H105N2+. The molecule has 0 saturated heterocycles. The molecule has 2 unspecified atom stereocenters. The maximum atomic E-state index is 3.80. The van der Waals surface area contributed by atoms with Crippen LogP contribution in [0.25, 0.3) is 0 Å². The number of hydrogen-bond donors (Lipinski definition) is 1. The first-order chi connectivity index (χ1) is 27.2. The number of unbranched alkanes of at least 4 members (excludes halogenated alkanes) is 38. The van der Waals surface area contributed by atoms with Crippen LogP contribution in [0.1, 0.15) is 328 Å². The summed E-state index contributed by atoms with van der Waals surface area (Å²) in [6, 6.07) is 0.615. The lowest BCUT2D eigenvalue weighted by atomic mass is 9.92. The van der Waals surface area contributed by atoms with Crippen LogP contribution >= 0.6 is 0 Å². The number of hydrogen-bond acceptors (Lipinski definition) is 0. The van der Waals surface area contributed by atoms with Gasteiger partial charge in [-0.2, -0.15) is 0 Å². The minimum absolute atomic E-state index is 0.615. The summed E-state index contributed by atoms with van der Waals surface area (Å²) in [7, 11) is 0. The average Bonchev–Trinajstić information content (AvgIpc) is 3.69. The monoisotopic (exact) mass is 770 g/mol. The highest BCUT2D eigenvalue weighted by Crippen LogP contribution is 2.28. The van der Waals surface area contributed by atoms with Crippen molar-refractivity contribution in [2.24, 2.45) is 0 Å². The topological polar surface area (TPSA) is 19.7 Å². The lowest BCUT2D eigenvalue weighted by molar-refractivity contribution is -0.727. The molecule has 0 amide bonds. The molecule has 0 aliphatic carbocycles. The van der Waals surface area contributed by atoms with Crippen molar-refractivity contribution in [3.8, 4) is 0 Å². The molecule has 1 heterocycles. The Morgan fingerprint density at radius 3 is 0.855 bits per heavy atom. The zero-order chi connectivity index (χ0) is 39.5. The summed E-state index contributed by atoms with van der Waals surface area (Å²) < 4.78 is 2.66. The zero-order valence-electron chi connectivity index (χ0n) is 38.9. The fraction of sp³-hybridized carbons (Fsp3) is 0.943. The van der Waals surface area contributed by atoms with E-state index < -0.39 is 0 Å². The van der Waals surface area contributed by atoms with E-state index in [4.69, 9.17) is 0 Å². The number of aromatic nitrogens is 2. The molecule has 2 atom stereocenters. The molecule has 1 N–H and O–H groups in total. The van der Waals surface area contributed by atoms with Gasteiger partial charge in [-0.15, -0.1) is 0 Å². The van der Waals surface area contributed by atoms with Gasteiger partial charge in [-0.1, -0.05) is 278 Å². The molecule has 326 valence electrons. The lowest BCUT2D eigenvalue weighted by Gasteiger charge is -2.17. The van der Waals surface area contributed by atoms with Crippen LogP contribution in [0.3, 0.4) is 0 Å². The van der Waals surface area contributed by atoms with Gasteiger partial charge >= 0.3 is 0 Å². The van der Waals surface area contributed by atoms with Gasteiger partial charge in [-0.3, -0.25) is 0 Å². The number of nitrogens with one attached hydrogen (secondary N) is 1. The molecule has 0 bridgehead atoms. The minimum Gasteiger partial charge on any atom is -0.247 e. The van der Waals surface area contributed by atoms with Crippen molar-refractivity contribution >= 4 is 0 Å². The number of rotatable bonds is 46. The Bertz CT molecular complexity index is 843. The van der Waals surface area contributed by atoms with E-state index in [1.807, 2.05) is 0 Å². The van der Waals surface area contributed by atoms with Gasteiger partial charge in [0.2, 0.25) is 0 Å². The molecule has 2 nitrogen and oxygen atoms in total. The van der Waals surface area contributed by atoms with Crippen LogP contribution in [0.4, 0.5) is 0 Å². The van der Waals surface area contributed by atoms with Gasteiger partial charge in [-0.05, 0) is 32.6 Å². The SMILES string of the molecule is CCCCCCCCCCCCCCCCCCCC(CCCCCCCCCCCCCCC)c1[nH]cc[n+]1C(C)CCCCCCCCCCCCC. The Hall–Kier alpha value is -0.790. The average molecular weight is 770 g/mol. The van der Waals surface area contributed by atoms with Crippen LogP contribution < -0.4 is 4.57 Å². The van der Waals surface area contributed by atoms with Crippen molar-refractivity contribution in [1.29, 1.82) is 0 Å². The third-order valence-electron chi connectivity index (χ3n) is 13.1.